The summed E-state index contributed by atoms with van der Waals surface area (Å²) in [7, 11) is 1.60. The van der Waals surface area contributed by atoms with Gasteiger partial charge in [-0.2, -0.15) is 0 Å². The molecule has 1 saturated heterocycles. The lowest BCUT2D eigenvalue weighted by molar-refractivity contribution is -0.128. The third-order valence-corrected chi connectivity index (χ3v) is 4.99. The minimum absolute atomic E-state index is 0.0296. The van der Waals surface area contributed by atoms with Crippen LogP contribution >= 0.6 is 11.6 Å². The molecule has 1 unspecified atom stereocenters. The maximum Gasteiger partial charge on any atom is 0.229 e. The highest BCUT2D eigenvalue weighted by Crippen LogP contribution is 2.26. The van der Waals surface area contributed by atoms with Gasteiger partial charge in [0.15, 0.2) is 0 Å². The average molecular weight is 373 g/mol. The molecule has 0 spiro atoms. The van der Waals surface area contributed by atoms with E-state index >= 15 is 0 Å². The van der Waals surface area contributed by atoms with E-state index in [2.05, 4.69) is 5.32 Å². The lowest BCUT2D eigenvalue weighted by Gasteiger charge is -2.18. The molecule has 2 aromatic rings. The number of carbonyl (C=O) groups is 2. The molecule has 0 saturated carbocycles. The Morgan fingerprint density at radius 3 is 2.81 bits per heavy atom. The molecule has 1 aliphatic heterocycles. The summed E-state index contributed by atoms with van der Waals surface area (Å²) in [4.78, 5) is 26.5. The molecule has 26 heavy (non-hydrogen) atoms. The smallest absolute Gasteiger partial charge is 0.229 e. The van der Waals surface area contributed by atoms with Crippen LogP contribution in [0.1, 0.15) is 17.5 Å². The van der Waals surface area contributed by atoms with Gasteiger partial charge in [0.25, 0.3) is 0 Å². The van der Waals surface area contributed by atoms with Crippen molar-refractivity contribution in [2.45, 2.75) is 19.9 Å². The molecule has 0 aliphatic carbocycles. The minimum Gasteiger partial charge on any atom is -0.496 e. The van der Waals surface area contributed by atoms with Crippen LogP contribution < -0.4 is 10.1 Å². The molecule has 0 bridgehead atoms. The van der Waals surface area contributed by atoms with Crippen LogP contribution in [0.3, 0.4) is 0 Å². The average Bonchev–Trinajstić information content (AvgIpc) is 2.99. The first-order valence-electron chi connectivity index (χ1n) is 8.44. The van der Waals surface area contributed by atoms with Crippen LogP contribution in [0.2, 0.25) is 5.02 Å². The Kier molecular flexibility index (Phi) is 5.47. The molecule has 0 aromatic heterocycles. The lowest BCUT2D eigenvalue weighted by atomic mass is 10.1. The van der Waals surface area contributed by atoms with Crippen LogP contribution in [0.5, 0.6) is 5.75 Å². The van der Waals surface area contributed by atoms with Crippen molar-refractivity contribution in [2.75, 3.05) is 19.0 Å². The van der Waals surface area contributed by atoms with Gasteiger partial charge >= 0.3 is 0 Å². The predicted octanol–water partition coefficient (Wildman–Crippen LogP) is 3.64. The Morgan fingerprint density at radius 1 is 1.31 bits per heavy atom. The Labute approximate surface area is 157 Å². The second-order valence-electron chi connectivity index (χ2n) is 6.44. The first-order chi connectivity index (χ1) is 12.5. The fourth-order valence-corrected chi connectivity index (χ4v) is 3.24. The molecule has 1 aliphatic rings. The van der Waals surface area contributed by atoms with Crippen molar-refractivity contribution in [1.29, 1.82) is 0 Å². The van der Waals surface area contributed by atoms with E-state index < -0.39 is 0 Å². The summed E-state index contributed by atoms with van der Waals surface area (Å²) < 4.78 is 5.34. The molecule has 3 rings (SSSR count). The number of methoxy groups -OCH3 is 1. The predicted molar refractivity (Wildman–Crippen MR) is 101 cm³/mol. The van der Waals surface area contributed by atoms with Crippen molar-refractivity contribution in [3.8, 4) is 5.75 Å². The monoisotopic (exact) mass is 372 g/mol. The van der Waals surface area contributed by atoms with Gasteiger partial charge in [-0.05, 0) is 30.7 Å². The molecule has 5 nitrogen and oxygen atoms in total. The quantitative estimate of drug-likeness (QED) is 0.871. The summed E-state index contributed by atoms with van der Waals surface area (Å²) in [5, 5.41) is 3.45. The third kappa shape index (κ3) is 3.99. The molecule has 1 heterocycles. The maximum atomic E-state index is 12.5. The van der Waals surface area contributed by atoms with Gasteiger partial charge in [-0.3, -0.25) is 9.59 Å². The van der Waals surface area contributed by atoms with E-state index in [1.807, 2.05) is 43.3 Å². The van der Waals surface area contributed by atoms with Crippen LogP contribution in [0.15, 0.2) is 42.5 Å². The SMILES string of the molecule is COc1ccccc1CN1CC(C(=O)Nc2ccc(C)c(Cl)c2)CC1=O. The largest absolute Gasteiger partial charge is 0.496 e. The number of para-hydroxylation sites is 1. The van der Waals surface area contributed by atoms with Crippen molar-refractivity contribution in [3.05, 3.63) is 58.6 Å². The van der Waals surface area contributed by atoms with Gasteiger partial charge in [0, 0.05) is 35.8 Å². The number of aryl methyl sites for hydroxylation is 1. The molecule has 0 radical (unpaired) electrons. The van der Waals surface area contributed by atoms with E-state index in [0.717, 1.165) is 16.9 Å². The Balaban J connectivity index is 1.65. The molecule has 1 atom stereocenters. The summed E-state index contributed by atoms with van der Waals surface area (Å²) >= 11 is 6.10. The van der Waals surface area contributed by atoms with Gasteiger partial charge in [-0.25, -0.2) is 0 Å². The minimum atomic E-state index is -0.378. The van der Waals surface area contributed by atoms with Crippen molar-refractivity contribution in [2.24, 2.45) is 5.92 Å². The van der Waals surface area contributed by atoms with Crippen LogP contribution in [0, 0.1) is 12.8 Å². The summed E-state index contributed by atoms with van der Waals surface area (Å²) in [6.45, 7) is 2.73. The first kappa shape index (κ1) is 18.3. The number of anilines is 1. The summed E-state index contributed by atoms with van der Waals surface area (Å²) in [6.07, 6.45) is 0.209. The van der Waals surface area contributed by atoms with E-state index in [1.165, 1.54) is 0 Å². The number of carbonyl (C=O) groups excluding carboxylic acids is 2. The number of likely N-dealkylation sites (tertiary alicyclic amines) is 1. The topological polar surface area (TPSA) is 58.6 Å². The number of nitrogens with zero attached hydrogens (tertiary/aromatic N) is 1. The molecule has 2 aromatic carbocycles. The molecule has 1 fully saturated rings. The van der Waals surface area contributed by atoms with Crippen LogP contribution in [0.4, 0.5) is 5.69 Å². The van der Waals surface area contributed by atoms with Crippen molar-refractivity contribution < 1.29 is 14.3 Å². The highest BCUT2D eigenvalue weighted by atomic mass is 35.5. The van der Waals surface area contributed by atoms with Gasteiger partial charge in [0.05, 0.1) is 13.0 Å². The number of hydrogen-bond donors (Lipinski definition) is 1. The van der Waals surface area contributed by atoms with Crippen LogP contribution in [-0.4, -0.2) is 30.4 Å². The van der Waals surface area contributed by atoms with E-state index in [9.17, 15) is 9.59 Å². The molecule has 1 N–H and O–H groups in total. The fourth-order valence-electron chi connectivity index (χ4n) is 3.05. The first-order valence-corrected chi connectivity index (χ1v) is 8.82. The number of nitrogens with one attached hydrogen (secondary N) is 1. The van der Waals surface area contributed by atoms with E-state index in [4.69, 9.17) is 16.3 Å². The van der Waals surface area contributed by atoms with Gasteiger partial charge in [0.2, 0.25) is 11.8 Å². The summed E-state index contributed by atoms with van der Waals surface area (Å²) in [6, 6.07) is 13.0. The molecule has 136 valence electrons. The zero-order valence-electron chi connectivity index (χ0n) is 14.8. The molecular weight excluding hydrogens is 352 g/mol. The van der Waals surface area contributed by atoms with E-state index in [1.54, 1.807) is 18.1 Å². The van der Waals surface area contributed by atoms with Gasteiger partial charge < -0.3 is 15.0 Å². The van der Waals surface area contributed by atoms with Crippen molar-refractivity contribution in [1.82, 2.24) is 4.90 Å². The Morgan fingerprint density at radius 2 is 2.08 bits per heavy atom. The highest BCUT2D eigenvalue weighted by molar-refractivity contribution is 6.31. The number of rotatable bonds is 5. The molecule has 2 amide bonds. The van der Waals surface area contributed by atoms with Crippen LogP contribution in [-0.2, 0) is 16.1 Å². The number of benzene rings is 2. The zero-order valence-corrected chi connectivity index (χ0v) is 15.5. The highest BCUT2D eigenvalue weighted by Gasteiger charge is 2.34. The summed E-state index contributed by atoms with van der Waals surface area (Å²) in [5.41, 5.74) is 2.51. The number of amides is 2. The third-order valence-electron chi connectivity index (χ3n) is 4.58. The van der Waals surface area contributed by atoms with Crippen molar-refractivity contribution in [3.63, 3.8) is 0 Å². The standard InChI is InChI=1S/C20H21ClN2O3/c1-13-7-8-16(10-17(13)21)22-20(25)15-9-19(24)23(12-15)11-14-5-3-4-6-18(14)26-2/h3-8,10,15H,9,11-12H2,1-2H3,(H,22,25). The second-order valence-corrected chi connectivity index (χ2v) is 6.85. The Hall–Kier alpha value is -2.53. The maximum absolute atomic E-state index is 12.5. The molecular formula is C20H21ClN2O3. The van der Waals surface area contributed by atoms with Gasteiger partial charge in [-0.15, -0.1) is 0 Å². The van der Waals surface area contributed by atoms with E-state index in [-0.39, 0.29) is 24.2 Å². The van der Waals surface area contributed by atoms with E-state index in [0.29, 0.717) is 23.8 Å². The number of ether oxygens (including phenoxy) is 1. The number of hydrogen-bond acceptors (Lipinski definition) is 3. The second kappa shape index (κ2) is 7.79. The Bertz CT molecular complexity index is 838. The van der Waals surface area contributed by atoms with Gasteiger partial charge in [-0.1, -0.05) is 35.9 Å². The normalized spacial score (nSPS) is 16.7. The molecule has 6 heteroatoms. The van der Waals surface area contributed by atoms with Gasteiger partial charge in [0.1, 0.15) is 5.75 Å². The van der Waals surface area contributed by atoms with Crippen molar-refractivity contribution >= 4 is 29.1 Å². The lowest BCUT2D eigenvalue weighted by Crippen LogP contribution is -2.28. The summed E-state index contributed by atoms with van der Waals surface area (Å²) in [5.74, 6) is 0.165. The van der Waals surface area contributed by atoms with Crippen LogP contribution in [0.25, 0.3) is 0 Å². The number of halogens is 1. The zero-order chi connectivity index (χ0) is 18.7. The fraction of sp³-hybridized carbons (Fsp3) is 0.300.